The van der Waals surface area contributed by atoms with Gasteiger partial charge >= 0.3 is 0 Å². The maximum Gasteiger partial charge on any atom is 0.229 e. The van der Waals surface area contributed by atoms with Gasteiger partial charge in [-0.2, -0.15) is 5.10 Å². The molecule has 0 unspecified atom stereocenters. The van der Waals surface area contributed by atoms with Crippen molar-refractivity contribution < 1.29 is 4.79 Å². The lowest BCUT2D eigenvalue weighted by molar-refractivity contribution is -0.120. The molecule has 1 aliphatic heterocycles. The standard InChI is InChI=1S/C16H20N4O/c1-12-9-17-10-15(12)16(21)19-14-5-2-4-13(8-14)11-20-7-3-6-18-20/h2-8,12,15,17H,9-11H2,1H3,(H,19,21)/t12-,15-/m1/s1. The Hall–Kier alpha value is -2.14. The molecule has 110 valence electrons. The summed E-state index contributed by atoms with van der Waals surface area (Å²) < 4.78 is 1.86. The van der Waals surface area contributed by atoms with Gasteiger partial charge in [0.15, 0.2) is 0 Å². The Morgan fingerprint density at radius 3 is 3.05 bits per heavy atom. The van der Waals surface area contributed by atoms with Gasteiger partial charge < -0.3 is 10.6 Å². The Morgan fingerprint density at radius 1 is 1.43 bits per heavy atom. The fourth-order valence-electron chi connectivity index (χ4n) is 2.72. The highest BCUT2D eigenvalue weighted by molar-refractivity contribution is 5.93. The fraction of sp³-hybridized carbons (Fsp3) is 0.375. The van der Waals surface area contributed by atoms with E-state index in [4.69, 9.17) is 0 Å². The van der Waals surface area contributed by atoms with Crippen LogP contribution in [0.5, 0.6) is 0 Å². The predicted octanol–water partition coefficient (Wildman–Crippen LogP) is 1.73. The van der Waals surface area contributed by atoms with Crippen LogP contribution in [0.15, 0.2) is 42.7 Å². The van der Waals surface area contributed by atoms with Crippen molar-refractivity contribution in [2.75, 3.05) is 18.4 Å². The summed E-state index contributed by atoms with van der Waals surface area (Å²) in [7, 11) is 0. The van der Waals surface area contributed by atoms with Gasteiger partial charge in [0.05, 0.1) is 12.5 Å². The molecule has 1 aliphatic rings. The molecule has 2 atom stereocenters. The van der Waals surface area contributed by atoms with Gasteiger partial charge in [-0.15, -0.1) is 0 Å². The van der Waals surface area contributed by atoms with Gasteiger partial charge in [0.1, 0.15) is 0 Å². The fourth-order valence-corrected chi connectivity index (χ4v) is 2.72. The van der Waals surface area contributed by atoms with E-state index in [0.717, 1.165) is 24.3 Å². The van der Waals surface area contributed by atoms with E-state index in [1.54, 1.807) is 6.20 Å². The highest BCUT2D eigenvalue weighted by Crippen LogP contribution is 2.19. The zero-order chi connectivity index (χ0) is 14.7. The quantitative estimate of drug-likeness (QED) is 0.899. The minimum Gasteiger partial charge on any atom is -0.326 e. The summed E-state index contributed by atoms with van der Waals surface area (Å²) >= 11 is 0. The van der Waals surface area contributed by atoms with Crippen molar-refractivity contribution in [3.8, 4) is 0 Å². The van der Waals surface area contributed by atoms with Crippen LogP contribution in [0.4, 0.5) is 5.69 Å². The molecule has 21 heavy (non-hydrogen) atoms. The summed E-state index contributed by atoms with van der Waals surface area (Å²) in [5, 5.41) is 10.5. The monoisotopic (exact) mass is 284 g/mol. The molecule has 1 fully saturated rings. The van der Waals surface area contributed by atoms with Gasteiger partial charge in [-0.25, -0.2) is 0 Å². The molecule has 0 aliphatic carbocycles. The topological polar surface area (TPSA) is 59.0 Å². The first-order chi connectivity index (χ1) is 10.2. The van der Waals surface area contributed by atoms with Crippen LogP contribution in [0.3, 0.4) is 0 Å². The van der Waals surface area contributed by atoms with Crippen molar-refractivity contribution in [2.45, 2.75) is 13.5 Å². The Bertz CT molecular complexity index is 608. The number of nitrogens with zero attached hydrogens (tertiary/aromatic N) is 2. The third kappa shape index (κ3) is 3.31. The van der Waals surface area contributed by atoms with Crippen LogP contribution in [0.1, 0.15) is 12.5 Å². The Kier molecular flexibility index (Phi) is 4.01. The first-order valence-corrected chi connectivity index (χ1v) is 7.30. The second kappa shape index (κ2) is 6.10. The number of carbonyl (C=O) groups excluding carboxylic acids is 1. The third-order valence-electron chi connectivity index (χ3n) is 3.95. The van der Waals surface area contributed by atoms with Crippen molar-refractivity contribution >= 4 is 11.6 Å². The van der Waals surface area contributed by atoms with Gasteiger partial charge in [-0.3, -0.25) is 9.48 Å². The van der Waals surface area contributed by atoms with Gasteiger partial charge in [-0.05, 0) is 36.2 Å². The van der Waals surface area contributed by atoms with E-state index in [2.05, 4.69) is 22.7 Å². The first kappa shape index (κ1) is 13.8. The summed E-state index contributed by atoms with van der Waals surface area (Å²) in [5.41, 5.74) is 1.97. The number of nitrogens with one attached hydrogen (secondary N) is 2. The molecular formula is C16H20N4O. The molecule has 2 heterocycles. The van der Waals surface area contributed by atoms with Crippen molar-refractivity contribution in [3.05, 3.63) is 48.3 Å². The molecule has 0 bridgehead atoms. The number of amides is 1. The van der Waals surface area contributed by atoms with E-state index in [1.807, 2.05) is 41.2 Å². The molecule has 5 nitrogen and oxygen atoms in total. The molecule has 1 saturated heterocycles. The molecule has 3 rings (SSSR count). The van der Waals surface area contributed by atoms with Crippen LogP contribution in [0.25, 0.3) is 0 Å². The Labute approximate surface area is 124 Å². The maximum absolute atomic E-state index is 12.3. The SMILES string of the molecule is C[C@@H]1CNC[C@H]1C(=O)Nc1cccc(Cn2cccn2)c1. The highest BCUT2D eigenvalue weighted by atomic mass is 16.1. The number of hydrogen-bond donors (Lipinski definition) is 2. The van der Waals surface area contributed by atoms with Crippen molar-refractivity contribution in [3.63, 3.8) is 0 Å². The largest absolute Gasteiger partial charge is 0.326 e. The zero-order valence-corrected chi connectivity index (χ0v) is 12.1. The highest BCUT2D eigenvalue weighted by Gasteiger charge is 2.29. The molecular weight excluding hydrogens is 264 g/mol. The molecule has 1 aromatic heterocycles. The van der Waals surface area contributed by atoms with Crippen LogP contribution in [-0.2, 0) is 11.3 Å². The van der Waals surface area contributed by atoms with Gasteiger partial charge in [0.25, 0.3) is 0 Å². The predicted molar refractivity (Wildman–Crippen MR) is 81.9 cm³/mol. The lowest BCUT2D eigenvalue weighted by Gasteiger charge is -2.14. The summed E-state index contributed by atoms with van der Waals surface area (Å²) in [4.78, 5) is 12.3. The zero-order valence-electron chi connectivity index (χ0n) is 12.1. The van der Waals surface area contributed by atoms with E-state index >= 15 is 0 Å². The van der Waals surface area contributed by atoms with E-state index in [-0.39, 0.29) is 11.8 Å². The summed E-state index contributed by atoms with van der Waals surface area (Å²) in [5.74, 6) is 0.542. The Balaban J connectivity index is 1.67. The molecule has 0 radical (unpaired) electrons. The van der Waals surface area contributed by atoms with Crippen LogP contribution >= 0.6 is 0 Å². The second-order valence-corrected chi connectivity index (χ2v) is 5.64. The first-order valence-electron chi connectivity index (χ1n) is 7.30. The lowest BCUT2D eigenvalue weighted by atomic mass is 9.97. The molecule has 0 spiro atoms. The summed E-state index contributed by atoms with van der Waals surface area (Å²) in [6.07, 6.45) is 3.69. The molecule has 2 aromatic rings. The smallest absolute Gasteiger partial charge is 0.229 e. The number of anilines is 1. The van der Waals surface area contributed by atoms with Crippen molar-refractivity contribution in [1.29, 1.82) is 0 Å². The van der Waals surface area contributed by atoms with Crippen molar-refractivity contribution in [1.82, 2.24) is 15.1 Å². The van der Waals surface area contributed by atoms with E-state index in [0.29, 0.717) is 12.5 Å². The lowest BCUT2D eigenvalue weighted by Crippen LogP contribution is -2.27. The van der Waals surface area contributed by atoms with Gasteiger partial charge in [0, 0.05) is 24.6 Å². The van der Waals surface area contributed by atoms with Crippen molar-refractivity contribution in [2.24, 2.45) is 11.8 Å². The van der Waals surface area contributed by atoms with Crippen LogP contribution in [0, 0.1) is 11.8 Å². The average molecular weight is 284 g/mol. The number of hydrogen-bond acceptors (Lipinski definition) is 3. The summed E-state index contributed by atoms with van der Waals surface area (Å²) in [6.45, 7) is 4.49. The minimum absolute atomic E-state index is 0.0553. The van der Waals surface area contributed by atoms with E-state index in [1.165, 1.54) is 0 Å². The van der Waals surface area contributed by atoms with Gasteiger partial charge in [-0.1, -0.05) is 19.1 Å². The normalized spacial score (nSPS) is 21.4. The number of aromatic nitrogens is 2. The number of carbonyl (C=O) groups is 1. The van der Waals surface area contributed by atoms with Crippen LogP contribution in [0.2, 0.25) is 0 Å². The minimum atomic E-state index is 0.0553. The maximum atomic E-state index is 12.3. The molecule has 1 amide bonds. The number of rotatable bonds is 4. The van der Waals surface area contributed by atoms with Crippen LogP contribution in [-0.4, -0.2) is 28.8 Å². The van der Waals surface area contributed by atoms with Crippen LogP contribution < -0.4 is 10.6 Å². The molecule has 0 saturated carbocycles. The summed E-state index contributed by atoms with van der Waals surface area (Å²) in [6, 6.07) is 9.84. The molecule has 1 aromatic carbocycles. The average Bonchev–Trinajstić information content (AvgIpc) is 3.10. The van der Waals surface area contributed by atoms with E-state index < -0.39 is 0 Å². The van der Waals surface area contributed by atoms with Gasteiger partial charge in [0.2, 0.25) is 5.91 Å². The molecule has 2 N–H and O–H groups in total. The Morgan fingerprint density at radius 2 is 2.33 bits per heavy atom. The number of benzene rings is 1. The molecule has 5 heteroatoms. The van der Waals surface area contributed by atoms with E-state index in [9.17, 15) is 4.79 Å². The third-order valence-corrected chi connectivity index (χ3v) is 3.95. The second-order valence-electron chi connectivity index (χ2n) is 5.64.